The van der Waals surface area contributed by atoms with Gasteiger partial charge in [-0.25, -0.2) is 0 Å². The van der Waals surface area contributed by atoms with Crippen molar-refractivity contribution in [2.75, 3.05) is 7.11 Å². The second kappa shape index (κ2) is 6.91. The molecule has 1 heterocycles. The minimum Gasteiger partial charge on any atom is -0.497 e. The molecule has 0 fully saturated rings. The molecule has 4 nitrogen and oxygen atoms in total. The van der Waals surface area contributed by atoms with E-state index in [9.17, 15) is 0 Å². The largest absolute Gasteiger partial charge is 0.497 e. The van der Waals surface area contributed by atoms with Gasteiger partial charge < -0.3 is 15.2 Å². The molecule has 0 aliphatic heterocycles. The Kier molecular flexibility index (Phi) is 5.20. The number of nitrogens with two attached hydrogens (primary N) is 1. The molecule has 0 saturated carbocycles. The van der Waals surface area contributed by atoms with Gasteiger partial charge in [-0.05, 0) is 49.2 Å². The molecule has 112 valence electrons. The van der Waals surface area contributed by atoms with Gasteiger partial charge in [-0.3, -0.25) is 4.98 Å². The van der Waals surface area contributed by atoms with Gasteiger partial charge in [0.25, 0.3) is 0 Å². The molecule has 0 bridgehead atoms. The van der Waals surface area contributed by atoms with E-state index in [1.54, 1.807) is 19.5 Å². The number of pyridine rings is 1. The molecule has 1 unspecified atom stereocenters. The molecule has 2 rings (SSSR count). The normalized spacial score (nSPS) is 12.3. The SMILES string of the molecule is COc1ccc(Br)c(C(N)c2cncc(OC(C)C)c2)c1. The van der Waals surface area contributed by atoms with E-state index >= 15 is 0 Å². The number of hydrogen-bond donors (Lipinski definition) is 1. The summed E-state index contributed by atoms with van der Waals surface area (Å²) >= 11 is 3.53. The Balaban J connectivity index is 2.33. The number of rotatable bonds is 5. The summed E-state index contributed by atoms with van der Waals surface area (Å²) in [5, 5.41) is 0. The van der Waals surface area contributed by atoms with E-state index in [1.807, 2.05) is 38.1 Å². The lowest BCUT2D eigenvalue weighted by molar-refractivity contribution is 0.241. The Morgan fingerprint density at radius 1 is 1.14 bits per heavy atom. The van der Waals surface area contributed by atoms with E-state index in [-0.39, 0.29) is 12.1 Å². The van der Waals surface area contributed by atoms with Gasteiger partial charge in [0.2, 0.25) is 0 Å². The van der Waals surface area contributed by atoms with E-state index in [0.29, 0.717) is 0 Å². The van der Waals surface area contributed by atoms with Crippen molar-refractivity contribution in [2.45, 2.75) is 26.0 Å². The quantitative estimate of drug-likeness (QED) is 0.893. The molecular formula is C16H19BrN2O2. The Labute approximate surface area is 133 Å². The number of methoxy groups -OCH3 is 1. The van der Waals surface area contributed by atoms with Crippen molar-refractivity contribution >= 4 is 15.9 Å². The van der Waals surface area contributed by atoms with Crippen LogP contribution < -0.4 is 15.2 Å². The van der Waals surface area contributed by atoms with Crippen molar-refractivity contribution in [1.29, 1.82) is 0 Å². The molecule has 1 aromatic carbocycles. The third kappa shape index (κ3) is 3.95. The van der Waals surface area contributed by atoms with Crippen LogP contribution in [-0.4, -0.2) is 18.2 Å². The first-order valence-electron chi connectivity index (χ1n) is 6.72. The second-order valence-electron chi connectivity index (χ2n) is 4.99. The van der Waals surface area contributed by atoms with Gasteiger partial charge in [-0.15, -0.1) is 0 Å². The molecule has 0 radical (unpaired) electrons. The van der Waals surface area contributed by atoms with Crippen molar-refractivity contribution in [3.8, 4) is 11.5 Å². The highest BCUT2D eigenvalue weighted by Crippen LogP contribution is 2.31. The smallest absolute Gasteiger partial charge is 0.138 e. The number of aromatic nitrogens is 1. The van der Waals surface area contributed by atoms with Crippen molar-refractivity contribution < 1.29 is 9.47 Å². The van der Waals surface area contributed by atoms with E-state index in [1.165, 1.54) is 0 Å². The number of halogens is 1. The molecule has 0 aliphatic rings. The summed E-state index contributed by atoms with van der Waals surface area (Å²) in [6, 6.07) is 7.35. The van der Waals surface area contributed by atoms with Crippen LogP contribution in [0.4, 0.5) is 0 Å². The molecule has 2 N–H and O–H groups in total. The maximum Gasteiger partial charge on any atom is 0.138 e. The van der Waals surface area contributed by atoms with Gasteiger partial charge in [0.1, 0.15) is 11.5 Å². The van der Waals surface area contributed by atoms with Gasteiger partial charge in [-0.1, -0.05) is 15.9 Å². The second-order valence-corrected chi connectivity index (χ2v) is 5.84. The molecule has 0 aliphatic carbocycles. The molecule has 5 heteroatoms. The molecule has 21 heavy (non-hydrogen) atoms. The summed E-state index contributed by atoms with van der Waals surface area (Å²) in [6.07, 6.45) is 3.54. The Hall–Kier alpha value is -1.59. The van der Waals surface area contributed by atoms with Crippen LogP contribution in [0.2, 0.25) is 0 Å². The summed E-state index contributed by atoms with van der Waals surface area (Å²) in [5.41, 5.74) is 8.19. The van der Waals surface area contributed by atoms with Gasteiger partial charge in [-0.2, -0.15) is 0 Å². The van der Waals surface area contributed by atoms with E-state index < -0.39 is 0 Å². The van der Waals surface area contributed by atoms with E-state index in [4.69, 9.17) is 15.2 Å². The highest BCUT2D eigenvalue weighted by atomic mass is 79.9. The lowest BCUT2D eigenvalue weighted by Crippen LogP contribution is -2.14. The van der Waals surface area contributed by atoms with Crippen LogP contribution in [0.25, 0.3) is 0 Å². The van der Waals surface area contributed by atoms with Gasteiger partial charge >= 0.3 is 0 Å². The van der Waals surface area contributed by atoms with Crippen molar-refractivity contribution in [3.05, 3.63) is 52.3 Å². The number of benzene rings is 1. The van der Waals surface area contributed by atoms with Crippen molar-refractivity contribution in [3.63, 3.8) is 0 Å². The van der Waals surface area contributed by atoms with Crippen LogP contribution in [0.5, 0.6) is 11.5 Å². The first-order valence-corrected chi connectivity index (χ1v) is 7.51. The fourth-order valence-electron chi connectivity index (χ4n) is 2.01. The zero-order valence-corrected chi connectivity index (χ0v) is 13.9. The first kappa shape index (κ1) is 15.8. The maximum atomic E-state index is 6.36. The summed E-state index contributed by atoms with van der Waals surface area (Å²) in [5.74, 6) is 1.49. The van der Waals surface area contributed by atoms with Crippen molar-refractivity contribution in [1.82, 2.24) is 4.98 Å². The minimum absolute atomic E-state index is 0.0989. The molecule has 1 atom stereocenters. The predicted octanol–water partition coefficient (Wildman–Crippen LogP) is 3.69. The lowest BCUT2D eigenvalue weighted by Gasteiger charge is -2.17. The molecular weight excluding hydrogens is 332 g/mol. The zero-order chi connectivity index (χ0) is 15.4. The van der Waals surface area contributed by atoms with Crippen LogP contribution in [0, 0.1) is 0 Å². The fourth-order valence-corrected chi connectivity index (χ4v) is 2.50. The molecule has 0 saturated heterocycles. The number of ether oxygens (including phenoxy) is 2. The molecule has 0 amide bonds. The molecule has 2 aromatic rings. The van der Waals surface area contributed by atoms with E-state index in [0.717, 1.165) is 27.1 Å². The first-order chi connectivity index (χ1) is 10.0. The minimum atomic E-state index is -0.308. The fraction of sp³-hybridized carbons (Fsp3) is 0.312. The Bertz CT molecular complexity index is 617. The molecule has 0 spiro atoms. The Morgan fingerprint density at radius 2 is 1.90 bits per heavy atom. The third-order valence-electron chi connectivity index (χ3n) is 3.00. The predicted molar refractivity (Wildman–Crippen MR) is 86.7 cm³/mol. The van der Waals surface area contributed by atoms with Crippen LogP contribution in [0.3, 0.4) is 0 Å². The zero-order valence-electron chi connectivity index (χ0n) is 12.3. The summed E-state index contributed by atoms with van der Waals surface area (Å²) < 4.78 is 11.9. The lowest BCUT2D eigenvalue weighted by atomic mass is 10.0. The van der Waals surface area contributed by atoms with Crippen molar-refractivity contribution in [2.24, 2.45) is 5.73 Å². The Morgan fingerprint density at radius 3 is 2.57 bits per heavy atom. The average Bonchev–Trinajstić information content (AvgIpc) is 2.46. The summed E-state index contributed by atoms with van der Waals surface area (Å²) in [4.78, 5) is 4.20. The number of nitrogens with zero attached hydrogens (tertiary/aromatic N) is 1. The highest BCUT2D eigenvalue weighted by Gasteiger charge is 2.15. The standard InChI is InChI=1S/C16H19BrN2O2/c1-10(2)21-13-6-11(8-19-9-13)16(18)14-7-12(20-3)4-5-15(14)17/h4-10,16H,18H2,1-3H3. The highest BCUT2D eigenvalue weighted by molar-refractivity contribution is 9.10. The van der Waals surface area contributed by atoms with Crippen LogP contribution >= 0.6 is 15.9 Å². The summed E-state index contributed by atoms with van der Waals surface area (Å²) in [7, 11) is 1.64. The topological polar surface area (TPSA) is 57.4 Å². The van der Waals surface area contributed by atoms with Crippen LogP contribution in [0.15, 0.2) is 41.1 Å². The van der Waals surface area contributed by atoms with E-state index in [2.05, 4.69) is 20.9 Å². The third-order valence-corrected chi connectivity index (χ3v) is 3.73. The monoisotopic (exact) mass is 350 g/mol. The number of hydrogen-bond acceptors (Lipinski definition) is 4. The molecule has 1 aromatic heterocycles. The van der Waals surface area contributed by atoms with Gasteiger partial charge in [0.05, 0.1) is 25.5 Å². The maximum absolute atomic E-state index is 6.36. The summed E-state index contributed by atoms with van der Waals surface area (Å²) in [6.45, 7) is 3.95. The van der Waals surface area contributed by atoms with Gasteiger partial charge in [0, 0.05) is 10.7 Å². The van der Waals surface area contributed by atoms with Crippen LogP contribution in [-0.2, 0) is 0 Å². The van der Waals surface area contributed by atoms with Crippen LogP contribution in [0.1, 0.15) is 31.0 Å². The van der Waals surface area contributed by atoms with Gasteiger partial charge in [0.15, 0.2) is 0 Å². The average molecular weight is 351 g/mol.